The Bertz CT molecular complexity index is 784. The fourth-order valence-corrected chi connectivity index (χ4v) is 7.96. The van der Waals surface area contributed by atoms with Crippen LogP contribution in [0.2, 0.25) is 0 Å². The molecule has 0 spiro atoms. The molecule has 0 radical (unpaired) electrons. The van der Waals surface area contributed by atoms with Crippen LogP contribution in [-0.2, 0) is 14.4 Å². The summed E-state index contributed by atoms with van der Waals surface area (Å²) in [6.45, 7) is 7.60. The third kappa shape index (κ3) is 2.23. The van der Waals surface area contributed by atoms with E-state index in [0.29, 0.717) is 12.3 Å². The van der Waals surface area contributed by atoms with Crippen LogP contribution in [0.4, 0.5) is 0 Å². The SMILES string of the molecule is CC1C[C@@H]2[C@H](CC[C@@]3(C)[C@H]2CC(C)[C@]3(O)C(=O)CO)[C@@]2(C)CC(=O)C(=O)C=C12. The first-order valence-electron chi connectivity index (χ1n) is 10.7. The summed E-state index contributed by atoms with van der Waals surface area (Å²) in [5.41, 5.74) is -1.23. The zero-order valence-corrected chi connectivity index (χ0v) is 17.3. The molecule has 0 aromatic carbocycles. The van der Waals surface area contributed by atoms with Gasteiger partial charge in [0.2, 0.25) is 11.6 Å². The van der Waals surface area contributed by atoms with Crippen LogP contribution in [0.1, 0.15) is 59.8 Å². The molecule has 4 aliphatic rings. The minimum atomic E-state index is -1.49. The Labute approximate surface area is 166 Å². The number of carbonyl (C=O) groups excluding carboxylic acids is 3. The first kappa shape index (κ1) is 20.0. The first-order valence-corrected chi connectivity index (χ1v) is 10.7. The molecule has 0 aliphatic heterocycles. The van der Waals surface area contributed by atoms with Crippen molar-refractivity contribution in [2.45, 2.75) is 65.4 Å². The van der Waals surface area contributed by atoms with Gasteiger partial charge in [0, 0.05) is 11.8 Å². The molecule has 154 valence electrons. The van der Waals surface area contributed by atoms with Crippen LogP contribution in [0.15, 0.2) is 11.6 Å². The van der Waals surface area contributed by atoms with Crippen LogP contribution in [0.5, 0.6) is 0 Å². The van der Waals surface area contributed by atoms with Gasteiger partial charge in [-0.05, 0) is 66.8 Å². The van der Waals surface area contributed by atoms with E-state index in [1.165, 1.54) is 0 Å². The van der Waals surface area contributed by atoms with E-state index in [2.05, 4.69) is 13.8 Å². The molecule has 0 heterocycles. The van der Waals surface area contributed by atoms with Crippen molar-refractivity contribution in [2.75, 3.05) is 6.61 Å². The van der Waals surface area contributed by atoms with Gasteiger partial charge in [-0.25, -0.2) is 0 Å². The highest BCUT2D eigenvalue weighted by molar-refractivity contribution is 6.42. The number of hydrogen-bond acceptors (Lipinski definition) is 5. The Morgan fingerprint density at radius 3 is 2.50 bits per heavy atom. The lowest BCUT2D eigenvalue weighted by molar-refractivity contribution is -0.171. The monoisotopic (exact) mass is 388 g/mol. The largest absolute Gasteiger partial charge is 0.388 e. The number of aliphatic hydroxyl groups excluding tert-OH is 1. The number of Topliss-reactive ketones (excluding diaryl/α,β-unsaturated/α-hetero) is 2. The summed E-state index contributed by atoms with van der Waals surface area (Å²) in [5, 5.41) is 21.0. The van der Waals surface area contributed by atoms with Gasteiger partial charge in [0.1, 0.15) is 12.2 Å². The van der Waals surface area contributed by atoms with Crippen LogP contribution in [0.3, 0.4) is 0 Å². The van der Waals surface area contributed by atoms with E-state index in [9.17, 15) is 24.6 Å². The molecule has 8 atom stereocenters. The average molecular weight is 389 g/mol. The lowest BCUT2D eigenvalue weighted by Gasteiger charge is -2.60. The predicted molar refractivity (Wildman–Crippen MR) is 103 cm³/mol. The van der Waals surface area contributed by atoms with Gasteiger partial charge in [0.25, 0.3) is 0 Å². The molecule has 5 nitrogen and oxygen atoms in total. The molecule has 0 amide bonds. The minimum Gasteiger partial charge on any atom is -0.388 e. The maximum atomic E-state index is 12.6. The van der Waals surface area contributed by atoms with Gasteiger partial charge in [0.05, 0.1) is 0 Å². The Kier molecular flexibility index (Phi) is 4.34. The standard InChI is InChI=1S/C23H32O5/c1-12-7-14-15(21(3)10-19(26)18(25)9-16(12)21)5-6-22(4)17(14)8-13(2)23(22,28)20(27)11-24/h9,12-15,17,24,28H,5-8,10-11H2,1-4H3/t12?,13?,14-,15+,17+,21-,22+,23+/m1/s1. The third-order valence-corrected chi connectivity index (χ3v) is 9.31. The lowest BCUT2D eigenvalue weighted by atomic mass is 9.44. The second-order valence-electron chi connectivity index (χ2n) is 10.4. The van der Waals surface area contributed by atoms with E-state index < -0.39 is 23.4 Å². The fraction of sp³-hybridized carbons (Fsp3) is 0.783. The summed E-state index contributed by atoms with van der Waals surface area (Å²) >= 11 is 0. The van der Waals surface area contributed by atoms with E-state index in [1.54, 1.807) is 6.08 Å². The van der Waals surface area contributed by atoms with Crippen molar-refractivity contribution in [1.29, 1.82) is 0 Å². The smallest absolute Gasteiger partial charge is 0.221 e. The molecule has 3 fully saturated rings. The molecular weight excluding hydrogens is 356 g/mol. The van der Waals surface area contributed by atoms with Gasteiger partial charge in [-0.3, -0.25) is 14.4 Å². The first-order chi connectivity index (χ1) is 13.0. The highest BCUT2D eigenvalue weighted by Crippen LogP contribution is 2.69. The molecule has 28 heavy (non-hydrogen) atoms. The number of carbonyl (C=O) groups is 3. The van der Waals surface area contributed by atoms with Crippen molar-refractivity contribution < 1.29 is 24.6 Å². The Morgan fingerprint density at radius 1 is 1.18 bits per heavy atom. The van der Waals surface area contributed by atoms with Gasteiger partial charge in [-0.2, -0.15) is 0 Å². The number of fused-ring (bicyclic) bond motifs is 5. The summed E-state index contributed by atoms with van der Waals surface area (Å²) in [4.78, 5) is 37.0. The van der Waals surface area contributed by atoms with Crippen LogP contribution < -0.4 is 0 Å². The van der Waals surface area contributed by atoms with Crippen molar-refractivity contribution >= 4 is 17.3 Å². The molecule has 4 rings (SSSR count). The quantitative estimate of drug-likeness (QED) is 0.709. The summed E-state index contributed by atoms with van der Waals surface area (Å²) in [6, 6.07) is 0. The maximum Gasteiger partial charge on any atom is 0.221 e. The normalized spacial score (nSPS) is 50.5. The molecule has 2 N–H and O–H groups in total. The number of rotatable bonds is 2. The van der Waals surface area contributed by atoms with Crippen molar-refractivity contribution in [3.8, 4) is 0 Å². The van der Waals surface area contributed by atoms with E-state index in [4.69, 9.17) is 0 Å². The average Bonchev–Trinajstić information content (AvgIpc) is 2.85. The summed E-state index contributed by atoms with van der Waals surface area (Å²) < 4.78 is 0. The topological polar surface area (TPSA) is 91.7 Å². The van der Waals surface area contributed by atoms with Crippen molar-refractivity contribution in [2.24, 2.45) is 40.4 Å². The van der Waals surface area contributed by atoms with Crippen LogP contribution in [0.25, 0.3) is 0 Å². The van der Waals surface area contributed by atoms with Gasteiger partial charge in [-0.15, -0.1) is 0 Å². The lowest BCUT2D eigenvalue weighted by Crippen LogP contribution is -2.60. The van der Waals surface area contributed by atoms with Gasteiger partial charge in [-0.1, -0.05) is 33.3 Å². The number of allylic oxidation sites excluding steroid dienone is 1. The summed E-state index contributed by atoms with van der Waals surface area (Å²) in [7, 11) is 0. The number of hydrogen-bond donors (Lipinski definition) is 2. The van der Waals surface area contributed by atoms with Crippen molar-refractivity contribution in [3.05, 3.63) is 11.6 Å². The fourth-order valence-electron chi connectivity index (χ4n) is 7.96. The second-order valence-corrected chi connectivity index (χ2v) is 10.4. The molecule has 3 saturated carbocycles. The highest BCUT2D eigenvalue weighted by Gasteiger charge is 2.69. The van der Waals surface area contributed by atoms with Crippen molar-refractivity contribution in [1.82, 2.24) is 0 Å². The zero-order valence-electron chi connectivity index (χ0n) is 17.3. The second kappa shape index (κ2) is 6.09. The van der Waals surface area contributed by atoms with Crippen LogP contribution >= 0.6 is 0 Å². The van der Waals surface area contributed by atoms with Crippen molar-refractivity contribution in [3.63, 3.8) is 0 Å². The zero-order chi connectivity index (χ0) is 20.6. The van der Waals surface area contributed by atoms with Crippen LogP contribution in [0, 0.1) is 40.4 Å². The predicted octanol–water partition coefficient (Wildman–Crippen LogP) is 2.48. The summed E-state index contributed by atoms with van der Waals surface area (Å²) in [5.74, 6) is -0.342. The highest BCUT2D eigenvalue weighted by atomic mass is 16.3. The summed E-state index contributed by atoms with van der Waals surface area (Å²) in [6.07, 6.45) is 5.09. The molecule has 0 aromatic heterocycles. The van der Waals surface area contributed by atoms with E-state index in [0.717, 1.165) is 24.8 Å². The number of ketones is 3. The Hall–Kier alpha value is -1.33. The third-order valence-electron chi connectivity index (χ3n) is 9.31. The molecule has 0 bridgehead atoms. The van der Waals surface area contributed by atoms with Crippen LogP contribution in [-0.4, -0.2) is 39.8 Å². The van der Waals surface area contributed by atoms with Gasteiger partial charge >= 0.3 is 0 Å². The minimum absolute atomic E-state index is 0.176. The van der Waals surface area contributed by atoms with E-state index in [1.807, 2.05) is 13.8 Å². The molecule has 0 saturated heterocycles. The maximum absolute atomic E-state index is 12.6. The van der Waals surface area contributed by atoms with Gasteiger partial charge in [0.15, 0.2) is 5.78 Å². The number of aliphatic hydroxyl groups is 2. The van der Waals surface area contributed by atoms with E-state index in [-0.39, 0.29) is 47.1 Å². The molecule has 5 heteroatoms. The molecule has 4 aliphatic carbocycles. The Balaban J connectivity index is 1.76. The van der Waals surface area contributed by atoms with Gasteiger partial charge < -0.3 is 10.2 Å². The molecule has 2 unspecified atom stereocenters. The van der Waals surface area contributed by atoms with E-state index >= 15 is 0 Å². The molecular formula is C23H32O5. The Morgan fingerprint density at radius 2 is 1.86 bits per heavy atom. The molecule has 0 aromatic rings.